The van der Waals surface area contributed by atoms with Gasteiger partial charge in [0.2, 0.25) is 5.88 Å². The molecule has 0 aliphatic carbocycles. The zero-order chi connectivity index (χ0) is 29.3. The van der Waals surface area contributed by atoms with Crippen molar-refractivity contribution in [2.24, 2.45) is 0 Å². The first-order chi connectivity index (χ1) is 20.9. The van der Waals surface area contributed by atoms with E-state index in [2.05, 4.69) is 21.2 Å². The number of nitrogens with one attached hydrogen (secondary N) is 1. The number of ether oxygens (including phenoxy) is 1. The van der Waals surface area contributed by atoms with Crippen LogP contribution in [0, 0.1) is 17.1 Å². The lowest BCUT2D eigenvalue weighted by Crippen LogP contribution is -2.51. The number of aromatic nitrogens is 1. The Bertz CT molecular complexity index is 1800. The first-order valence-corrected chi connectivity index (χ1v) is 15.2. The first kappa shape index (κ1) is 26.6. The topological polar surface area (TPSA) is 84.6 Å². The molecule has 4 aliphatic rings. The molecule has 8 rings (SSSR count). The van der Waals surface area contributed by atoms with E-state index in [9.17, 15) is 14.8 Å². The number of aromatic hydroxyl groups is 1. The number of fused-ring (bicyclic) bond motifs is 5. The van der Waals surface area contributed by atoms with Crippen molar-refractivity contribution in [3.63, 3.8) is 0 Å². The highest BCUT2D eigenvalue weighted by molar-refractivity contribution is 6.03. The van der Waals surface area contributed by atoms with Crippen LogP contribution in [0.2, 0.25) is 0 Å². The van der Waals surface area contributed by atoms with Gasteiger partial charge in [-0.1, -0.05) is 30.3 Å². The highest BCUT2D eigenvalue weighted by Crippen LogP contribution is 2.44. The fourth-order valence-electron chi connectivity index (χ4n) is 8.15. The maximum absolute atomic E-state index is 16.8. The molecule has 4 atom stereocenters. The second kappa shape index (κ2) is 10.0. The number of phenolic OH excluding ortho intramolecular Hbond substituents is 1. The molecule has 0 spiro atoms. The molecule has 5 heterocycles. The Morgan fingerprint density at radius 2 is 1.88 bits per heavy atom. The third kappa shape index (κ3) is 4.30. The van der Waals surface area contributed by atoms with Gasteiger partial charge in [-0.15, -0.1) is 0 Å². The minimum atomic E-state index is -0.909. The molecule has 0 amide bonds. The van der Waals surface area contributed by atoms with Gasteiger partial charge in [-0.3, -0.25) is 4.90 Å². The van der Waals surface area contributed by atoms with Crippen LogP contribution in [0.3, 0.4) is 0 Å². The van der Waals surface area contributed by atoms with Crippen molar-refractivity contribution in [2.45, 2.75) is 55.9 Å². The molecule has 2 N–H and O–H groups in total. The molecular weight excluding hydrogens is 548 g/mol. The van der Waals surface area contributed by atoms with E-state index in [1.807, 2.05) is 30.3 Å². The number of alkyl halides is 1. The van der Waals surface area contributed by atoms with Crippen LogP contribution in [-0.4, -0.2) is 71.6 Å². The summed E-state index contributed by atoms with van der Waals surface area (Å²) in [6, 6.07) is 17.3. The summed E-state index contributed by atoms with van der Waals surface area (Å²) in [6.07, 6.45) is 3.38. The van der Waals surface area contributed by atoms with Crippen LogP contribution in [-0.2, 0) is 0 Å². The van der Waals surface area contributed by atoms with Gasteiger partial charge in [0.1, 0.15) is 35.7 Å². The summed E-state index contributed by atoms with van der Waals surface area (Å²) < 4.78 is 37.7. The van der Waals surface area contributed by atoms with E-state index in [0.717, 1.165) is 43.0 Å². The van der Waals surface area contributed by atoms with E-state index in [0.29, 0.717) is 65.9 Å². The number of hydrogen-bond donors (Lipinski definition) is 2. The maximum Gasteiger partial charge on any atom is 0.234 e. The molecule has 4 aromatic rings. The molecule has 0 saturated carbocycles. The fourth-order valence-corrected chi connectivity index (χ4v) is 8.15. The van der Waals surface area contributed by atoms with Gasteiger partial charge in [0, 0.05) is 49.1 Å². The second-order valence-corrected chi connectivity index (χ2v) is 12.7. The minimum absolute atomic E-state index is 0.0464. The SMILES string of the molecule is N#Cc1c(OC[C@@]23CCCN2C[C@H](F)C3)nc2c(F)c(-c3cc(O)cc4ccccc34)ccc2c1N1C[C@H]2CC[C@@H](C1)N2. The van der Waals surface area contributed by atoms with E-state index in [1.165, 1.54) is 0 Å². The second-order valence-electron chi connectivity index (χ2n) is 12.7. The molecule has 220 valence electrons. The standard InChI is InChI=1S/C34H33F2N5O2/c35-21-14-34(10-3-11-41(34)16-21)19-43-33-29(15-37)32(40-17-22-6-7-23(18-40)38-22)27-9-8-26(30(36)31(27)39-33)28-13-24(42)12-20-4-1-2-5-25(20)28/h1-2,4-5,8-9,12-13,21-23,38,42H,3,6-7,10-11,14,16-19H2/t21-,22-,23+,34+/m1/s1. The summed E-state index contributed by atoms with van der Waals surface area (Å²) in [5.41, 5.74) is 1.49. The van der Waals surface area contributed by atoms with Crippen LogP contribution in [0.15, 0.2) is 48.5 Å². The number of halogens is 2. The van der Waals surface area contributed by atoms with Gasteiger partial charge in [0.05, 0.1) is 11.2 Å². The summed E-state index contributed by atoms with van der Waals surface area (Å²) >= 11 is 0. The largest absolute Gasteiger partial charge is 0.508 e. The number of benzene rings is 3. The number of rotatable bonds is 5. The molecule has 0 radical (unpaired) electrons. The third-order valence-corrected chi connectivity index (χ3v) is 10.1. The first-order valence-electron chi connectivity index (χ1n) is 15.2. The minimum Gasteiger partial charge on any atom is -0.508 e. The summed E-state index contributed by atoms with van der Waals surface area (Å²) in [4.78, 5) is 9.04. The van der Waals surface area contributed by atoms with Gasteiger partial charge in [0.15, 0.2) is 5.82 Å². The highest BCUT2D eigenvalue weighted by Gasteiger charge is 2.49. The van der Waals surface area contributed by atoms with Crippen molar-refractivity contribution >= 4 is 27.4 Å². The highest BCUT2D eigenvalue weighted by atomic mass is 19.1. The predicted octanol–water partition coefficient (Wildman–Crippen LogP) is 5.67. The monoisotopic (exact) mass is 581 g/mol. The number of piperazine rings is 1. The quantitative estimate of drug-likeness (QED) is 0.314. The fraction of sp³-hybridized carbons (Fsp3) is 0.412. The van der Waals surface area contributed by atoms with Gasteiger partial charge >= 0.3 is 0 Å². The van der Waals surface area contributed by atoms with Gasteiger partial charge in [-0.25, -0.2) is 13.8 Å². The average molecular weight is 582 g/mol. The molecule has 9 heteroatoms. The number of pyridine rings is 1. The Morgan fingerprint density at radius 1 is 1.07 bits per heavy atom. The molecule has 1 aromatic heterocycles. The molecule has 43 heavy (non-hydrogen) atoms. The Labute approximate surface area is 248 Å². The molecular formula is C34H33F2N5O2. The van der Waals surface area contributed by atoms with Gasteiger partial charge in [-0.05, 0) is 66.8 Å². The Hall–Kier alpha value is -4.00. The van der Waals surface area contributed by atoms with E-state index in [1.54, 1.807) is 18.2 Å². The van der Waals surface area contributed by atoms with Crippen LogP contribution in [0.1, 0.15) is 37.7 Å². The van der Waals surface area contributed by atoms with Crippen molar-refractivity contribution in [1.82, 2.24) is 15.2 Å². The van der Waals surface area contributed by atoms with Crippen LogP contribution >= 0.6 is 0 Å². The van der Waals surface area contributed by atoms with E-state index in [-0.39, 0.29) is 23.8 Å². The Morgan fingerprint density at radius 3 is 2.70 bits per heavy atom. The van der Waals surface area contributed by atoms with E-state index >= 15 is 4.39 Å². The molecule has 0 unspecified atom stereocenters. The number of phenols is 1. The number of anilines is 1. The van der Waals surface area contributed by atoms with Crippen LogP contribution in [0.4, 0.5) is 14.5 Å². The Kier molecular flexibility index (Phi) is 6.21. The lowest BCUT2D eigenvalue weighted by molar-refractivity contribution is 0.110. The summed E-state index contributed by atoms with van der Waals surface area (Å²) in [7, 11) is 0. The van der Waals surface area contributed by atoms with E-state index in [4.69, 9.17) is 9.72 Å². The molecule has 3 aromatic carbocycles. The van der Waals surface area contributed by atoms with Crippen molar-refractivity contribution in [3.05, 3.63) is 59.9 Å². The summed E-state index contributed by atoms with van der Waals surface area (Å²) in [6.45, 7) is 2.82. The van der Waals surface area contributed by atoms with Gasteiger partial charge in [0.25, 0.3) is 0 Å². The lowest BCUT2D eigenvalue weighted by Gasteiger charge is -2.36. The molecule has 4 fully saturated rings. The molecule has 4 saturated heterocycles. The van der Waals surface area contributed by atoms with Crippen molar-refractivity contribution < 1.29 is 18.6 Å². The number of nitrogens with zero attached hydrogens (tertiary/aromatic N) is 4. The molecule has 7 nitrogen and oxygen atoms in total. The molecule has 4 aliphatic heterocycles. The zero-order valence-corrected chi connectivity index (χ0v) is 23.8. The van der Waals surface area contributed by atoms with Crippen molar-refractivity contribution in [3.8, 4) is 28.8 Å². The molecule has 2 bridgehead atoms. The van der Waals surface area contributed by atoms with Gasteiger partial charge < -0.3 is 20.1 Å². The number of nitriles is 1. The van der Waals surface area contributed by atoms with Crippen molar-refractivity contribution in [1.29, 1.82) is 5.26 Å². The van der Waals surface area contributed by atoms with Gasteiger partial charge in [-0.2, -0.15) is 5.26 Å². The average Bonchev–Trinajstić information content (AvgIpc) is 3.65. The van der Waals surface area contributed by atoms with Crippen LogP contribution in [0.25, 0.3) is 32.8 Å². The van der Waals surface area contributed by atoms with Crippen molar-refractivity contribution in [2.75, 3.05) is 37.7 Å². The van der Waals surface area contributed by atoms with Crippen LogP contribution in [0.5, 0.6) is 11.6 Å². The normalized spacial score (nSPS) is 26.7. The summed E-state index contributed by atoms with van der Waals surface area (Å²) in [5.74, 6) is -0.395. The third-order valence-electron chi connectivity index (χ3n) is 10.1. The predicted molar refractivity (Wildman–Crippen MR) is 162 cm³/mol. The summed E-state index contributed by atoms with van der Waals surface area (Å²) in [5, 5.41) is 26.8. The van der Waals surface area contributed by atoms with Crippen LogP contribution < -0.4 is 15.0 Å². The zero-order valence-electron chi connectivity index (χ0n) is 23.8. The maximum atomic E-state index is 16.8. The smallest absolute Gasteiger partial charge is 0.234 e. The van der Waals surface area contributed by atoms with E-state index < -0.39 is 17.5 Å². The Balaban J connectivity index is 1.30. The lowest BCUT2D eigenvalue weighted by atomic mass is 9.94. The number of hydrogen-bond acceptors (Lipinski definition) is 7.